The molecule has 0 aliphatic rings. The van der Waals surface area contributed by atoms with Crippen molar-refractivity contribution in [1.82, 2.24) is 0 Å². The van der Waals surface area contributed by atoms with Crippen LogP contribution in [0.2, 0.25) is 0 Å². The molecule has 0 aliphatic heterocycles. The van der Waals surface area contributed by atoms with Crippen LogP contribution in [0.5, 0.6) is 5.75 Å². The third-order valence-corrected chi connectivity index (χ3v) is 3.79. The van der Waals surface area contributed by atoms with Gasteiger partial charge in [0.15, 0.2) is 17.3 Å². The largest absolute Gasteiger partial charge is 0.494 e. The van der Waals surface area contributed by atoms with Gasteiger partial charge in [0, 0.05) is 15.6 Å². The highest BCUT2D eigenvalue weighted by Crippen LogP contribution is 2.24. The molecule has 0 atom stereocenters. The molecule has 2 rings (SSSR count). The van der Waals surface area contributed by atoms with Crippen LogP contribution in [0.1, 0.15) is 21.5 Å². The normalized spacial score (nSPS) is 10.3. The van der Waals surface area contributed by atoms with Gasteiger partial charge in [-0.1, -0.05) is 28.1 Å². The van der Waals surface area contributed by atoms with Crippen LogP contribution in [0, 0.1) is 12.7 Å². The minimum atomic E-state index is -0.541. The van der Waals surface area contributed by atoms with Crippen LogP contribution in [0.4, 0.5) is 4.39 Å². The highest BCUT2D eigenvalue weighted by atomic mass is 79.9. The van der Waals surface area contributed by atoms with Crippen LogP contribution < -0.4 is 4.74 Å². The Kier molecular flexibility index (Phi) is 4.00. The maximum absolute atomic E-state index is 13.6. The molecule has 0 N–H and O–H groups in total. The summed E-state index contributed by atoms with van der Waals surface area (Å²) in [6, 6.07) is 9.58. The molecule has 0 unspecified atom stereocenters. The summed E-state index contributed by atoms with van der Waals surface area (Å²) < 4.78 is 19.3. The van der Waals surface area contributed by atoms with Gasteiger partial charge in [0.2, 0.25) is 0 Å². The lowest BCUT2D eigenvalue weighted by Gasteiger charge is -2.08. The quantitative estimate of drug-likeness (QED) is 0.794. The monoisotopic (exact) mass is 322 g/mol. The fourth-order valence-electron chi connectivity index (χ4n) is 1.82. The van der Waals surface area contributed by atoms with Crippen LogP contribution >= 0.6 is 15.9 Å². The molecule has 2 aromatic carbocycles. The number of hydrogen-bond donors (Lipinski definition) is 0. The van der Waals surface area contributed by atoms with E-state index in [2.05, 4.69) is 15.9 Å². The molecule has 4 heteroatoms. The first kappa shape index (κ1) is 13.7. The predicted molar refractivity (Wildman–Crippen MR) is 75.3 cm³/mol. The number of benzene rings is 2. The molecule has 0 spiro atoms. The molecule has 0 aromatic heterocycles. The third-order valence-electron chi connectivity index (χ3n) is 2.93. The maximum Gasteiger partial charge on any atom is 0.193 e. The summed E-state index contributed by atoms with van der Waals surface area (Å²) in [6.45, 7) is 1.84. The molecule has 0 radical (unpaired) electrons. The van der Waals surface area contributed by atoms with Crippen molar-refractivity contribution in [2.45, 2.75) is 6.92 Å². The van der Waals surface area contributed by atoms with E-state index in [0.717, 1.165) is 10.0 Å². The number of methoxy groups -OCH3 is 1. The van der Waals surface area contributed by atoms with E-state index >= 15 is 0 Å². The molecule has 0 amide bonds. The van der Waals surface area contributed by atoms with E-state index < -0.39 is 5.82 Å². The number of ether oxygens (including phenoxy) is 1. The van der Waals surface area contributed by atoms with Crippen molar-refractivity contribution in [3.63, 3.8) is 0 Å². The molecule has 0 saturated carbocycles. The molecule has 0 bridgehead atoms. The average molecular weight is 323 g/mol. The first-order chi connectivity index (χ1) is 9.04. The number of carbonyl (C=O) groups excluding carboxylic acids is 1. The van der Waals surface area contributed by atoms with Gasteiger partial charge in [0.05, 0.1) is 7.11 Å². The van der Waals surface area contributed by atoms with Crippen molar-refractivity contribution in [2.24, 2.45) is 0 Å². The van der Waals surface area contributed by atoms with Crippen molar-refractivity contribution in [2.75, 3.05) is 7.11 Å². The Morgan fingerprint density at radius 3 is 2.63 bits per heavy atom. The number of hydrogen-bond acceptors (Lipinski definition) is 2. The van der Waals surface area contributed by atoms with Gasteiger partial charge >= 0.3 is 0 Å². The van der Waals surface area contributed by atoms with Gasteiger partial charge in [-0.2, -0.15) is 0 Å². The van der Waals surface area contributed by atoms with Gasteiger partial charge < -0.3 is 4.74 Å². The van der Waals surface area contributed by atoms with Crippen molar-refractivity contribution in [1.29, 1.82) is 0 Å². The SMILES string of the molecule is COc1ccc(C(=O)c2cccc(Br)c2C)cc1F. The van der Waals surface area contributed by atoms with Gasteiger partial charge in [-0.15, -0.1) is 0 Å². The van der Waals surface area contributed by atoms with Crippen LogP contribution in [0.3, 0.4) is 0 Å². The standard InChI is InChI=1S/C15H12BrFO2/c1-9-11(4-3-5-12(9)16)15(18)10-6-7-14(19-2)13(17)8-10/h3-8H,1-2H3. The molecule has 98 valence electrons. The second kappa shape index (κ2) is 5.53. The van der Waals surface area contributed by atoms with Crippen molar-refractivity contribution in [3.05, 3.63) is 63.4 Å². The second-order valence-corrected chi connectivity index (χ2v) is 4.95. The van der Waals surface area contributed by atoms with E-state index in [1.54, 1.807) is 18.2 Å². The average Bonchev–Trinajstić information content (AvgIpc) is 2.41. The fraction of sp³-hybridized carbons (Fsp3) is 0.133. The van der Waals surface area contributed by atoms with Gasteiger partial charge in [-0.3, -0.25) is 4.79 Å². The topological polar surface area (TPSA) is 26.3 Å². The second-order valence-electron chi connectivity index (χ2n) is 4.09. The molecule has 0 heterocycles. The number of halogens is 2. The minimum Gasteiger partial charge on any atom is -0.494 e. The summed E-state index contributed by atoms with van der Waals surface area (Å²) in [6.07, 6.45) is 0. The molecular weight excluding hydrogens is 311 g/mol. The summed E-state index contributed by atoms with van der Waals surface area (Å²) in [5, 5.41) is 0. The molecular formula is C15H12BrFO2. The Labute approximate surface area is 119 Å². The molecule has 0 saturated heterocycles. The lowest BCUT2D eigenvalue weighted by atomic mass is 9.99. The van der Waals surface area contributed by atoms with E-state index in [9.17, 15) is 9.18 Å². The molecule has 0 aliphatic carbocycles. The van der Waals surface area contributed by atoms with Crippen LogP contribution in [-0.4, -0.2) is 12.9 Å². The Morgan fingerprint density at radius 2 is 2.00 bits per heavy atom. The first-order valence-corrected chi connectivity index (χ1v) is 6.47. The van der Waals surface area contributed by atoms with Crippen LogP contribution in [0.15, 0.2) is 40.9 Å². The molecule has 2 nitrogen and oxygen atoms in total. The zero-order valence-corrected chi connectivity index (χ0v) is 12.1. The van der Waals surface area contributed by atoms with Gasteiger partial charge in [-0.25, -0.2) is 4.39 Å². The smallest absolute Gasteiger partial charge is 0.193 e. The molecule has 2 aromatic rings. The van der Waals surface area contributed by atoms with E-state index in [0.29, 0.717) is 11.1 Å². The number of rotatable bonds is 3. The highest BCUT2D eigenvalue weighted by molar-refractivity contribution is 9.10. The van der Waals surface area contributed by atoms with E-state index in [-0.39, 0.29) is 11.5 Å². The van der Waals surface area contributed by atoms with Crippen molar-refractivity contribution >= 4 is 21.7 Å². The van der Waals surface area contributed by atoms with Gasteiger partial charge in [0.25, 0.3) is 0 Å². The van der Waals surface area contributed by atoms with Crippen molar-refractivity contribution < 1.29 is 13.9 Å². The van der Waals surface area contributed by atoms with Gasteiger partial charge in [0.1, 0.15) is 0 Å². The van der Waals surface area contributed by atoms with Gasteiger partial charge in [-0.05, 0) is 36.8 Å². The Morgan fingerprint density at radius 1 is 1.26 bits per heavy atom. The van der Waals surface area contributed by atoms with Crippen LogP contribution in [0.25, 0.3) is 0 Å². The minimum absolute atomic E-state index is 0.127. The maximum atomic E-state index is 13.6. The Hall–Kier alpha value is -1.68. The molecule has 19 heavy (non-hydrogen) atoms. The Bertz CT molecular complexity index is 638. The zero-order chi connectivity index (χ0) is 14.0. The summed E-state index contributed by atoms with van der Waals surface area (Å²) in [5.74, 6) is -0.621. The van der Waals surface area contributed by atoms with E-state index in [1.165, 1.54) is 19.2 Å². The predicted octanol–water partition coefficient (Wildman–Crippen LogP) is 4.14. The van der Waals surface area contributed by atoms with E-state index in [4.69, 9.17) is 4.74 Å². The van der Waals surface area contributed by atoms with E-state index in [1.807, 2.05) is 13.0 Å². The summed E-state index contributed by atoms with van der Waals surface area (Å²) >= 11 is 3.38. The summed E-state index contributed by atoms with van der Waals surface area (Å²) in [7, 11) is 1.39. The lowest BCUT2D eigenvalue weighted by Crippen LogP contribution is -2.05. The fourth-order valence-corrected chi connectivity index (χ4v) is 2.18. The summed E-state index contributed by atoms with van der Waals surface area (Å²) in [5.41, 5.74) is 1.70. The first-order valence-electron chi connectivity index (χ1n) is 5.68. The van der Waals surface area contributed by atoms with Crippen LogP contribution in [-0.2, 0) is 0 Å². The van der Waals surface area contributed by atoms with Crippen molar-refractivity contribution in [3.8, 4) is 5.75 Å². The zero-order valence-electron chi connectivity index (χ0n) is 10.5. The highest BCUT2D eigenvalue weighted by Gasteiger charge is 2.15. The summed E-state index contributed by atoms with van der Waals surface area (Å²) in [4.78, 5) is 12.3. The number of carbonyl (C=O) groups is 1. The lowest BCUT2D eigenvalue weighted by molar-refractivity contribution is 0.103. The Balaban J connectivity index is 2.44. The molecule has 0 fully saturated rings. The number of ketones is 1. The third kappa shape index (κ3) is 2.68.